The minimum absolute atomic E-state index is 0.138. The van der Waals surface area contributed by atoms with E-state index in [0.717, 1.165) is 34.1 Å². The number of nitrogens with zero attached hydrogens (tertiary/aromatic N) is 2. The maximum Gasteiger partial charge on any atom is 0.325 e. The monoisotopic (exact) mass is 485 g/mol. The number of amides is 4. The van der Waals surface area contributed by atoms with Crippen molar-refractivity contribution in [1.29, 1.82) is 0 Å². The summed E-state index contributed by atoms with van der Waals surface area (Å²) in [5.74, 6) is 0.705. The van der Waals surface area contributed by atoms with Crippen LogP contribution >= 0.6 is 0 Å². The second-order valence-electron chi connectivity index (χ2n) is 9.66. The highest BCUT2D eigenvalue weighted by molar-refractivity contribution is 6.09. The molecule has 3 heterocycles. The Balaban J connectivity index is 1.21. The van der Waals surface area contributed by atoms with E-state index in [1.807, 2.05) is 60.7 Å². The largest absolute Gasteiger partial charge is 0.486 e. The van der Waals surface area contributed by atoms with E-state index in [0.29, 0.717) is 36.8 Å². The number of hydrogen-bond acceptors (Lipinski definition) is 5. The van der Waals surface area contributed by atoms with Gasteiger partial charge in [0.05, 0.1) is 6.04 Å². The molecule has 1 N–H and O–H groups in total. The van der Waals surface area contributed by atoms with E-state index in [2.05, 4.69) is 5.32 Å². The van der Waals surface area contributed by atoms with Gasteiger partial charge in [-0.15, -0.1) is 0 Å². The van der Waals surface area contributed by atoms with E-state index in [1.54, 1.807) is 11.8 Å². The molecule has 0 radical (unpaired) electrons. The van der Waals surface area contributed by atoms with Crippen LogP contribution in [-0.2, 0) is 15.1 Å². The lowest BCUT2D eigenvalue weighted by atomic mass is 9.90. The van der Waals surface area contributed by atoms with Crippen LogP contribution in [0.1, 0.15) is 36.9 Å². The molecule has 3 aromatic carbocycles. The number of nitrogens with one attached hydrogen (secondary N) is 1. The lowest BCUT2D eigenvalue weighted by Gasteiger charge is -2.28. The van der Waals surface area contributed by atoms with Crippen molar-refractivity contribution in [2.45, 2.75) is 31.3 Å². The van der Waals surface area contributed by atoms with E-state index in [9.17, 15) is 14.4 Å². The number of carbonyl (C=O) groups is 3. The van der Waals surface area contributed by atoms with Crippen molar-refractivity contribution in [2.75, 3.05) is 26.3 Å². The molecule has 6 rings (SSSR count). The van der Waals surface area contributed by atoms with Crippen molar-refractivity contribution in [2.24, 2.45) is 0 Å². The molecule has 0 spiro atoms. The number of carbonyl (C=O) groups excluding carboxylic acids is 3. The first kappa shape index (κ1) is 22.4. The van der Waals surface area contributed by atoms with Crippen molar-refractivity contribution in [1.82, 2.24) is 15.1 Å². The van der Waals surface area contributed by atoms with E-state index >= 15 is 0 Å². The third-order valence-corrected chi connectivity index (χ3v) is 7.42. The first-order valence-corrected chi connectivity index (χ1v) is 12.3. The van der Waals surface area contributed by atoms with Gasteiger partial charge in [0.15, 0.2) is 11.5 Å². The Hall–Kier alpha value is -4.07. The Labute approximate surface area is 208 Å². The SMILES string of the molecule is C[C@@]1(c2ccc3ccccc3c2)NC(=O)N(CC(=O)N2CCC[C@@H]2c2ccc3c(c2)OCCO3)C1=O. The fraction of sp³-hybridized carbons (Fsp3) is 0.321. The van der Waals surface area contributed by atoms with Gasteiger partial charge >= 0.3 is 6.03 Å². The molecule has 2 fully saturated rings. The Kier molecular flexibility index (Phi) is 5.32. The molecule has 4 amide bonds. The second-order valence-corrected chi connectivity index (χ2v) is 9.66. The summed E-state index contributed by atoms with van der Waals surface area (Å²) in [5.41, 5.74) is 0.412. The first-order valence-electron chi connectivity index (χ1n) is 12.3. The summed E-state index contributed by atoms with van der Waals surface area (Å²) in [7, 11) is 0. The molecular formula is C28H27N3O5. The molecule has 3 aliphatic rings. The quantitative estimate of drug-likeness (QED) is 0.569. The Morgan fingerprint density at radius 2 is 1.78 bits per heavy atom. The maximum absolute atomic E-state index is 13.5. The van der Waals surface area contributed by atoms with Crippen molar-refractivity contribution in [3.05, 3.63) is 71.8 Å². The molecule has 36 heavy (non-hydrogen) atoms. The van der Waals surface area contributed by atoms with Crippen LogP contribution in [0.2, 0.25) is 0 Å². The molecule has 8 heteroatoms. The predicted molar refractivity (Wildman–Crippen MR) is 133 cm³/mol. The van der Waals surface area contributed by atoms with Crippen LogP contribution in [0.15, 0.2) is 60.7 Å². The van der Waals surface area contributed by atoms with Gasteiger partial charge < -0.3 is 19.7 Å². The average Bonchev–Trinajstić information content (AvgIpc) is 3.48. The summed E-state index contributed by atoms with van der Waals surface area (Å²) in [6, 6.07) is 18.6. The summed E-state index contributed by atoms with van der Waals surface area (Å²) in [6.45, 7) is 2.98. The predicted octanol–water partition coefficient (Wildman–Crippen LogP) is 3.74. The summed E-state index contributed by atoms with van der Waals surface area (Å²) in [4.78, 5) is 42.6. The molecule has 3 aliphatic heterocycles. The lowest BCUT2D eigenvalue weighted by molar-refractivity contribution is -0.139. The number of hydrogen-bond donors (Lipinski definition) is 1. The first-order chi connectivity index (χ1) is 17.4. The van der Waals surface area contributed by atoms with Gasteiger partial charge in [-0.2, -0.15) is 0 Å². The zero-order valence-electron chi connectivity index (χ0n) is 20.0. The highest BCUT2D eigenvalue weighted by atomic mass is 16.6. The normalized spacial score (nSPS) is 23.3. The summed E-state index contributed by atoms with van der Waals surface area (Å²) < 4.78 is 11.3. The molecule has 2 atom stereocenters. The van der Waals surface area contributed by atoms with Gasteiger partial charge in [-0.05, 0) is 59.9 Å². The molecule has 184 valence electrons. The Morgan fingerprint density at radius 1 is 1.00 bits per heavy atom. The van der Waals surface area contributed by atoms with Crippen LogP contribution < -0.4 is 14.8 Å². The molecule has 0 saturated carbocycles. The van der Waals surface area contributed by atoms with Crippen molar-refractivity contribution in [3.8, 4) is 11.5 Å². The summed E-state index contributed by atoms with van der Waals surface area (Å²) in [6.07, 6.45) is 1.65. The molecule has 0 bridgehead atoms. The molecule has 2 saturated heterocycles. The fourth-order valence-electron chi connectivity index (χ4n) is 5.44. The molecule has 0 aromatic heterocycles. The van der Waals surface area contributed by atoms with Crippen molar-refractivity contribution in [3.63, 3.8) is 0 Å². The second kappa shape index (κ2) is 8.55. The number of likely N-dealkylation sites (tertiary alicyclic amines) is 1. The highest BCUT2D eigenvalue weighted by Gasteiger charge is 2.50. The van der Waals surface area contributed by atoms with Crippen molar-refractivity contribution < 1.29 is 23.9 Å². The van der Waals surface area contributed by atoms with E-state index in [-0.39, 0.29) is 18.5 Å². The standard InChI is InChI=1S/C28H27N3O5/c1-28(21-10-8-18-5-2-3-6-19(18)15-21)26(33)31(27(34)29-28)17-25(32)30-12-4-7-22(30)20-9-11-23-24(16-20)36-14-13-35-23/h2-3,5-6,8-11,15-16,22H,4,7,12-14,17H2,1H3,(H,29,34)/t22-,28+/m1/s1. The number of urea groups is 1. The third-order valence-electron chi connectivity index (χ3n) is 7.42. The number of fused-ring (bicyclic) bond motifs is 2. The van der Waals surface area contributed by atoms with E-state index < -0.39 is 17.5 Å². The zero-order valence-corrected chi connectivity index (χ0v) is 20.0. The summed E-state index contributed by atoms with van der Waals surface area (Å²) in [5, 5.41) is 4.85. The van der Waals surface area contributed by atoms with Crippen LogP contribution in [-0.4, -0.2) is 53.9 Å². The zero-order chi connectivity index (χ0) is 24.9. The minimum atomic E-state index is -1.23. The fourth-order valence-corrected chi connectivity index (χ4v) is 5.44. The minimum Gasteiger partial charge on any atom is -0.486 e. The van der Waals surface area contributed by atoms with Crippen LogP contribution in [0, 0.1) is 0 Å². The van der Waals surface area contributed by atoms with Crippen molar-refractivity contribution >= 4 is 28.6 Å². The highest BCUT2D eigenvalue weighted by Crippen LogP contribution is 2.38. The van der Waals surface area contributed by atoms with Gasteiger partial charge in [-0.3, -0.25) is 14.5 Å². The van der Waals surface area contributed by atoms with Gasteiger partial charge in [0, 0.05) is 6.54 Å². The van der Waals surface area contributed by atoms with Gasteiger partial charge in [0.2, 0.25) is 5.91 Å². The van der Waals surface area contributed by atoms with Gasteiger partial charge in [-0.25, -0.2) is 4.79 Å². The molecule has 0 unspecified atom stereocenters. The number of imide groups is 1. The average molecular weight is 486 g/mol. The van der Waals surface area contributed by atoms with E-state index in [4.69, 9.17) is 9.47 Å². The smallest absolute Gasteiger partial charge is 0.325 e. The van der Waals surface area contributed by atoms with E-state index in [1.165, 1.54) is 0 Å². The number of benzene rings is 3. The van der Waals surface area contributed by atoms with Crippen LogP contribution in [0.3, 0.4) is 0 Å². The van der Waals surface area contributed by atoms with Crippen LogP contribution in [0.4, 0.5) is 4.79 Å². The third kappa shape index (κ3) is 3.64. The van der Waals surface area contributed by atoms with Crippen LogP contribution in [0.5, 0.6) is 11.5 Å². The summed E-state index contributed by atoms with van der Waals surface area (Å²) >= 11 is 0. The molecule has 8 nitrogen and oxygen atoms in total. The molecule has 3 aromatic rings. The molecular weight excluding hydrogens is 458 g/mol. The molecule has 0 aliphatic carbocycles. The van der Waals surface area contributed by atoms with Gasteiger partial charge in [0.25, 0.3) is 5.91 Å². The lowest BCUT2D eigenvalue weighted by Crippen LogP contribution is -2.44. The van der Waals surface area contributed by atoms with Crippen LogP contribution in [0.25, 0.3) is 10.8 Å². The maximum atomic E-state index is 13.5. The number of rotatable bonds is 4. The number of ether oxygens (including phenoxy) is 2. The Morgan fingerprint density at radius 3 is 2.61 bits per heavy atom. The van der Waals surface area contributed by atoms with Gasteiger partial charge in [-0.1, -0.05) is 42.5 Å². The van der Waals surface area contributed by atoms with Gasteiger partial charge in [0.1, 0.15) is 25.3 Å². The topological polar surface area (TPSA) is 88.2 Å². The Bertz CT molecular complexity index is 1390.